The summed E-state index contributed by atoms with van der Waals surface area (Å²) >= 11 is 0. The van der Waals surface area contributed by atoms with E-state index < -0.39 is 0 Å². The van der Waals surface area contributed by atoms with Crippen LogP contribution in [-0.2, 0) is 5.41 Å². The third kappa shape index (κ3) is 5.69. The highest BCUT2D eigenvalue weighted by Crippen LogP contribution is 2.63. The minimum Gasteiger partial charge on any atom is -0.311 e. The molecule has 1 nitrogen and oxygen atoms in total. The molecule has 12 aromatic carbocycles. The molecule has 0 N–H and O–H groups in total. The Balaban J connectivity index is 0.861. The zero-order chi connectivity index (χ0) is 44.8. The number of anilines is 3. The quantitative estimate of drug-likeness (QED) is 0.151. The average Bonchev–Trinajstić information content (AvgIpc) is 3.89. The van der Waals surface area contributed by atoms with E-state index in [4.69, 9.17) is 0 Å². The molecule has 0 aliphatic heterocycles. The molecular formula is C67H43N. The molecule has 1 heteroatoms. The Morgan fingerprint density at radius 1 is 0.206 bits per heavy atom. The van der Waals surface area contributed by atoms with Crippen LogP contribution in [0.2, 0.25) is 0 Å². The average molecular weight is 862 g/mol. The summed E-state index contributed by atoms with van der Waals surface area (Å²) in [6.45, 7) is 0. The van der Waals surface area contributed by atoms with Gasteiger partial charge in [0.25, 0.3) is 0 Å². The normalized spacial score (nSPS) is 12.8. The Kier molecular flexibility index (Phi) is 8.57. The lowest BCUT2D eigenvalue weighted by molar-refractivity contribution is 0.794. The fraction of sp³-hybridized carbons (Fsp3) is 0.0149. The summed E-state index contributed by atoms with van der Waals surface area (Å²) in [6, 6.07) is 96.6. The number of benzene rings is 12. The highest BCUT2D eigenvalue weighted by atomic mass is 15.1. The van der Waals surface area contributed by atoms with E-state index in [1.54, 1.807) is 0 Å². The molecule has 0 unspecified atom stereocenters. The molecule has 1 spiro atoms. The third-order valence-electron chi connectivity index (χ3n) is 14.9. The molecule has 0 saturated carbocycles. The lowest BCUT2D eigenvalue weighted by Crippen LogP contribution is -2.25. The highest BCUT2D eigenvalue weighted by molar-refractivity contribution is 6.25. The van der Waals surface area contributed by atoms with Crippen LogP contribution in [0.15, 0.2) is 261 Å². The maximum atomic E-state index is 2.47. The first-order valence-electron chi connectivity index (χ1n) is 23.7. The van der Waals surface area contributed by atoms with Gasteiger partial charge in [-0.15, -0.1) is 0 Å². The van der Waals surface area contributed by atoms with Crippen LogP contribution in [0.4, 0.5) is 17.1 Å². The summed E-state index contributed by atoms with van der Waals surface area (Å²) in [4.78, 5) is 2.38. The first-order valence-corrected chi connectivity index (χ1v) is 23.7. The van der Waals surface area contributed by atoms with E-state index in [2.05, 4.69) is 266 Å². The van der Waals surface area contributed by atoms with Crippen molar-refractivity contribution in [3.8, 4) is 55.6 Å². The first kappa shape index (κ1) is 38.5. The Hall–Kier alpha value is -8.78. The first-order chi connectivity index (χ1) is 33.7. The second-order valence-electron chi connectivity index (χ2n) is 18.3. The molecule has 12 aromatic rings. The number of nitrogens with zero attached hydrogens (tertiary/aromatic N) is 1. The molecule has 316 valence electrons. The van der Waals surface area contributed by atoms with E-state index in [1.807, 2.05) is 0 Å². The van der Waals surface area contributed by atoms with Crippen molar-refractivity contribution in [2.24, 2.45) is 0 Å². The molecular weight excluding hydrogens is 819 g/mol. The van der Waals surface area contributed by atoms with Gasteiger partial charge in [0.15, 0.2) is 0 Å². The van der Waals surface area contributed by atoms with E-state index in [-0.39, 0.29) is 5.41 Å². The van der Waals surface area contributed by atoms with Crippen molar-refractivity contribution < 1.29 is 0 Å². The number of rotatable bonds is 6. The van der Waals surface area contributed by atoms with Gasteiger partial charge in [-0.2, -0.15) is 0 Å². The maximum Gasteiger partial charge on any atom is 0.0725 e. The standard InChI is InChI=1S/C67H43N/c1-2-14-44(15-3-1)45-26-34-50(35-27-45)68(51-36-28-46(29-37-51)48-32-40-57-55-18-5-4-16-53(55)54-17-6-7-19-56(54)62(57)42-48)52-38-30-47(31-39-52)49-33-41-61-60-22-10-13-25-65(60)67(66(61)43-49)63-23-11-8-20-58(63)59-21-9-12-24-64(59)67/h1-43H. The minimum absolute atomic E-state index is 0.376. The highest BCUT2D eigenvalue weighted by Gasteiger charge is 2.51. The molecule has 68 heavy (non-hydrogen) atoms. The number of hydrogen-bond donors (Lipinski definition) is 0. The van der Waals surface area contributed by atoms with Crippen LogP contribution in [0, 0.1) is 0 Å². The summed E-state index contributed by atoms with van der Waals surface area (Å²) in [5.41, 5.74) is 20.8. The molecule has 0 atom stereocenters. The van der Waals surface area contributed by atoms with Gasteiger partial charge in [-0.25, -0.2) is 0 Å². The molecule has 0 amide bonds. The maximum absolute atomic E-state index is 2.47. The van der Waals surface area contributed by atoms with E-state index in [0.29, 0.717) is 0 Å². The van der Waals surface area contributed by atoms with E-state index >= 15 is 0 Å². The van der Waals surface area contributed by atoms with Gasteiger partial charge in [0.2, 0.25) is 0 Å². The Morgan fingerprint density at radius 3 is 1.01 bits per heavy atom. The monoisotopic (exact) mass is 861 g/mol. The van der Waals surface area contributed by atoms with Crippen LogP contribution in [0.1, 0.15) is 22.3 Å². The van der Waals surface area contributed by atoms with E-state index in [0.717, 1.165) is 17.1 Å². The molecule has 0 fully saturated rings. The SMILES string of the molecule is c1ccc(-c2ccc(N(c3ccc(-c4ccc5c(c4)C4(c6ccccc6-c6ccccc64)c4ccccc4-5)cc3)c3ccc(-c4ccc5c6ccccc6c6ccccc6c5c4)cc3)cc2)cc1. The van der Waals surface area contributed by atoms with Gasteiger partial charge in [-0.1, -0.05) is 212 Å². The van der Waals surface area contributed by atoms with Gasteiger partial charge < -0.3 is 4.90 Å². The van der Waals surface area contributed by atoms with Gasteiger partial charge in [0.05, 0.1) is 5.41 Å². The second-order valence-corrected chi connectivity index (χ2v) is 18.3. The zero-order valence-electron chi connectivity index (χ0n) is 37.3. The van der Waals surface area contributed by atoms with Crippen molar-refractivity contribution in [1.29, 1.82) is 0 Å². The van der Waals surface area contributed by atoms with Crippen LogP contribution >= 0.6 is 0 Å². The van der Waals surface area contributed by atoms with Crippen LogP contribution in [0.25, 0.3) is 88.0 Å². The minimum atomic E-state index is -0.376. The Bertz CT molecular complexity index is 3840. The smallest absolute Gasteiger partial charge is 0.0725 e. The van der Waals surface area contributed by atoms with Gasteiger partial charge in [0.1, 0.15) is 0 Å². The van der Waals surface area contributed by atoms with Crippen molar-refractivity contribution in [2.75, 3.05) is 4.90 Å². The van der Waals surface area contributed by atoms with Crippen molar-refractivity contribution >= 4 is 49.4 Å². The third-order valence-corrected chi connectivity index (χ3v) is 14.9. The number of fused-ring (bicyclic) bond motifs is 16. The molecule has 14 rings (SSSR count). The molecule has 0 aromatic heterocycles. The lowest BCUT2D eigenvalue weighted by atomic mass is 9.70. The van der Waals surface area contributed by atoms with Crippen molar-refractivity contribution in [1.82, 2.24) is 0 Å². The molecule has 0 radical (unpaired) electrons. The predicted molar refractivity (Wildman–Crippen MR) is 286 cm³/mol. The fourth-order valence-corrected chi connectivity index (χ4v) is 11.8. The molecule has 2 aliphatic rings. The van der Waals surface area contributed by atoms with Gasteiger partial charge in [-0.05, 0) is 159 Å². The van der Waals surface area contributed by atoms with Crippen molar-refractivity contribution in [3.05, 3.63) is 283 Å². The fourth-order valence-electron chi connectivity index (χ4n) is 11.8. The number of hydrogen-bond acceptors (Lipinski definition) is 1. The molecule has 0 bridgehead atoms. The molecule has 2 aliphatic carbocycles. The Labute approximate surface area is 396 Å². The second kappa shape index (κ2) is 15.1. The van der Waals surface area contributed by atoms with Gasteiger partial charge in [-0.3, -0.25) is 0 Å². The van der Waals surface area contributed by atoms with Crippen LogP contribution in [0.3, 0.4) is 0 Å². The topological polar surface area (TPSA) is 3.24 Å². The lowest BCUT2D eigenvalue weighted by Gasteiger charge is -2.30. The van der Waals surface area contributed by atoms with Crippen LogP contribution in [0.5, 0.6) is 0 Å². The van der Waals surface area contributed by atoms with Gasteiger partial charge >= 0.3 is 0 Å². The van der Waals surface area contributed by atoms with Gasteiger partial charge in [0, 0.05) is 17.1 Å². The van der Waals surface area contributed by atoms with Crippen LogP contribution < -0.4 is 4.90 Å². The van der Waals surface area contributed by atoms with Crippen molar-refractivity contribution in [3.63, 3.8) is 0 Å². The summed E-state index contributed by atoms with van der Waals surface area (Å²) in [5, 5.41) is 7.73. The molecule has 0 heterocycles. The largest absolute Gasteiger partial charge is 0.311 e. The van der Waals surface area contributed by atoms with E-state index in [1.165, 1.54) is 110 Å². The van der Waals surface area contributed by atoms with E-state index in [9.17, 15) is 0 Å². The molecule has 0 saturated heterocycles. The predicted octanol–water partition coefficient (Wildman–Crippen LogP) is 18.0. The summed E-state index contributed by atoms with van der Waals surface area (Å²) in [5.74, 6) is 0. The zero-order valence-corrected chi connectivity index (χ0v) is 37.3. The Morgan fingerprint density at radius 2 is 0.529 bits per heavy atom. The summed E-state index contributed by atoms with van der Waals surface area (Å²) < 4.78 is 0. The summed E-state index contributed by atoms with van der Waals surface area (Å²) in [7, 11) is 0. The summed E-state index contributed by atoms with van der Waals surface area (Å²) in [6.07, 6.45) is 0. The van der Waals surface area contributed by atoms with Crippen molar-refractivity contribution in [2.45, 2.75) is 5.41 Å². The van der Waals surface area contributed by atoms with Crippen LogP contribution in [-0.4, -0.2) is 0 Å².